The van der Waals surface area contributed by atoms with E-state index in [1.165, 1.54) is 31.3 Å². The molecule has 0 saturated heterocycles. The lowest BCUT2D eigenvalue weighted by Gasteiger charge is -2.17. The third-order valence-electron chi connectivity index (χ3n) is 3.47. The third-order valence-corrected chi connectivity index (χ3v) is 4.89. The fourth-order valence-electron chi connectivity index (χ4n) is 2.03. The van der Waals surface area contributed by atoms with Gasteiger partial charge in [0.25, 0.3) is 0 Å². The molecule has 0 aliphatic carbocycles. The first-order valence-corrected chi connectivity index (χ1v) is 9.20. The average Bonchev–Trinajstić information content (AvgIpc) is 2.62. The van der Waals surface area contributed by atoms with Crippen molar-refractivity contribution in [2.75, 3.05) is 25.5 Å². The molecule has 0 heterocycles. The number of nitrogens with one attached hydrogen (secondary N) is 2. The summed E-state index contributed by atoms with van der Waals surface area (Å²) in [4.78, 5) is 24.8. The van der Waals surface area contributed by atoms with Crippen LogP contribution in [0.2, 0.25) is 0 Å². The van der Waals surface area contributed by atoms with E-state index in [-0.39, 0.29) is 11.4 Å². The van der Waals surface area contributed by atoms with E-state index in [2.05, 4.69) is 10.0 Å². The molecule has 10 heteroatoms. The first-order chi connectivity index (χ1) is 12.7. The third kappa shape index (κ3) is 6.12. The van der Waals surface area contributed by atoms with E-state index in [4.69, 9.17) is 0 Å². The molecule has 0 spiro atoms. The quantitative estimate of drug-likeness (QED) is 0.737. The Kier molecular flexibility index (Phi) is 6.59. The van der Waals surface area contributed by atoms with Crippen LogP contribution in [-0.2, 0) is 19.6 Å². The molecule has 0 saturated carbocycles. The number of amides is 2. The van der Waals surface area contributed by atoms with Gasteiger partial charge in [0.2, 0.25) is 21.8 Å². The van der Waals surface area contributed by atoms with Crippen LogP contribution in [0.5, 0.6) is 0 Å². The summed E-state index contributed by atoms with van der Waals surface area (Å²) in [5.41, 5.74) is 0.360. The maximum absolute atomic E-state index is 12.9. The minimum atomic E-state index is -3.99. The number of likely N-dealkylation sites (N-methyl/N-ethyl adjacent to an activating group) is 1. The highest BCUT2D eigenvalue weighted by Gasteiger charge is 2.18. The highest BCUT2D eigenvalue weighted by molar-refractivity contribution is 7.89. The van der Waals surface area contributed by atoms with Gasteiger partial charge in [-0.3, -0.25) is 9.59 Å². The number of anilines is 1. The molecule has 2 rings (SSSR count). The van der Waals surface area contributed by atoms with Crippen LogP contribution in [0, 0.1) is 11.6 Å². The van der Waals surface area contributed by atoms with E-state index >= 15 is 0 Å². The summed E-state index contributed by atoms with van der Waals surface area (Å²) in [6, 6.07) is 9.20. The zero-order valence-corrected chi connectivity index (χ0v) is 15.1. The summed E-state index contributed by atoms with van der Waals surface area (Å²) >= 11 is 0. The van der Waals surface area contributed by atoms with Crippen molar-refractivity contribution < 1.29 is 26.8 Å². The number of carbonyl (C=O) groups excluding carboxylic acids is 2. The topological polar surface area (TPSA) is 95.6 Å². The van der Waals surface area contributed by atoms with E-state index in [0.717, 1.165) is 29.2 Å². The van der Waals surface area contributed by atoms with Crippen molar-refractivity contribution in [3.63, 3.8) is 0 Å². The molecule has 2 aromatic carbocycles. The van der Waals surface area contributed by atoms with Crippen LogP contribution in [-0.4, -0.2) is 45.3 Å². The van der Waals surface area contributed by atoms with E-state index in [1.807, 2.05) is 0 Å². The fraction of sp³-hybridized carbons (Fsp3) is 0.176. The van der Waals surface area contributed by atoms with Crippen molar-refractivity contribution >= 4 is 27.5 Å². The van der Waals surface area contributed by atoms with Crippen LogP contribution >= 0.6 is 0 Å². The smallest absolute Gasteiger partial charge is 0.243 e. The van der Waals surface area contributed by atoms with Crippen molar-refractivity contribution in [1.29, 1.82) is 0 Å². The molecule has 27 heavy (non-hydrogen) atoms. The van der Waals surface area contributed by atoms with Crippen LogP contribution in [0.4, 0.5) is 14.5 Å². The van der Waals surface area contributed by atoms with E-state index in [0.29, 0.717) is 5.69 Å². The minimum absolute atomic E-state index is 0.187. The zero-order valence-electron chi connectivity index (χ0n) is 14.3. The standard InChI is InChI=1S/C17H17F2N3O4S/c1-22(11-16(23)21-14-6-2-12(18)3-7-14)17(24)10-20-27(25,26)15-8-4-13(19)5-9-15/h2-9,20H,10-11H2,1H3,(H,21,23). The molecule has 0 aliphatic rings. The molecule has 0 bridgehead atoms. The Morgan fingerprint density at radius 2 is 1.48 bits per heavy atom. The van der Waals surface area contributed by atoms with Crippen molar-refractivity contribution in [1.82, 2.24) is 9.62 Å². The predicted molar refractivity (Wildman–Crippen MR) is 94.3 cm³/mol. The van der Waals surface area contributed by atoms with Crippen LogP contribution in [0.25, 0.3) is 0 Å². The number of sulfonamides is 1. The average molecular weight is 397 g/mol. The van der Waals surface area contributed by atoms with Gasteiger partial charge in [-0.25, -0.2) is 21.9 Å². The predicted octanol–water partition coefficient (Wildman–Crippen LogP) is 1.34. The number of hydrogen-bond donors (Lipinski definition) is 2. The van der Waals surface area contributed by atoms with Crippen molar-refractivity contribution in [3.05, 3.63) is 60.2 Å². The summed E-state index contributed by atoms with van der Waals surface area (Å²) in [6.07, 6.45) is 0. The molecular formula is C17H17F2N3O4S. The molecular weight excluding hydrogens is 380 g/mol. The van der Waals surface area contributed by atoms with E-state index in [1.54, 1.807) is 0 Å². The summed E-state index contributed by atoms with van der Waals surface area (Å²) in [5, 5.41) is 2.48. The van der Waals surface area contributed by atoms with Crippen LogP contribution in [0.1, 0.15) is 0 Å². The van der Waals surface area contributed by atoms with Gasteiger partial charge in [0.05, 0.1) is 18.0 Å². The molecule has 2 amide bonds. The van der Waals surface area contributed by atoms with Gasteiger partial charge in [0.1, 0.15) is 11.6 Å². The lowest BCUT2D eigenvalue weighted by atomic mass is 10.3. The SMILES string of the molecule is CN(CC(=O)Nc1ccc(F)cc1)C(=O)CNS(=O)(=O)c1ccc(F)cc1. The Bertz CT molecular complexity index is 916. The Morgan fingerprint density at radius 3 is 2.04 bits per heavy atom. The zero-order chi connectivity index (χ0) is 20.0. The highest BCUT2D eigenvalue weighted by atomic mass is 32.2. The summed E-state index contributed by atoms with van der Waals surface area (Å²) in [7, 11) is -2.65. The van der Waals surface area contributed by atoms with Gasteiger partial charge in [0, 0.05) is 12.7 Å². The van der Waals surface area contributed by atoms with Crippen molar-refractivity contribution in [2.24, 2.45) is 0 Å². The second kappa shape index (κ2) is 8.69. The number of nitrogens with zero attached hydrogens (tertiary/aromatic N) is 1. The first kappa shape index (κ1) is 20.5. The van der Waals surface area contributed by atoms with Gasteiger partial charge < -0.3 is 10.2 Å². The van der Waals surface area contributed by atoms with E-state index < -0.39 is 40.0 Å². The van der Waals surface area contributed by atoms with Gasteiger partial charge in [-0.2, -0.15) is 0 Å². The molecule has 0 fully saturated rings. The molecule has 7 nitrogen and oxygen atoms in total. The normalized spacial score (nSPS) is 11.1. The number of carbonyl (C=O) groups is 2. The second-order valence-corrected chi connectivity index (χ2v) is 7.35. The van der Waals surface area contributed by atoms with Gasteiger partial charge in [-0.15, -0.1) is 0 Å². The van der Waals surface area contributed by atoms with Gasteiger partial charge in [-0.05, 0) is 48.5 Å². The Hall–Kier alpha value is -2.85. The molecule has 0 radical (unpaired) electrons. The number of halogens is 2. The molecule has 0 aliphatic heterocycles. The van der Waals surface area contributed by atoms with Crippen molar-refractivity contribution in [3.8, 4) is 0 Å². The maximum atomic E-state index is 12.9. The number of benzene rings is 2. The molecule has 0 atom stereocenters. The summed E-state index contributed by atoms with van der Waals surface area (Å²) in [5.74, 6) is -2.21. The second-order valence-electron chi connectivity index (χ2n) is 5.58. The lowest BCUT2D eigenvalue weighted by molar-refractivity contribution is -0.132. The van der Waals surface area contributed by atoms with E-state index in [9.17, 15) is 26.8 Å². The lowest BCUT2D eigenvalue weighted by Crippen LogP contribution is -2.41. The Labute approximate surface area is 155 Å². The maximum Gasteiger partial charge on any atom is 0.243 e. The fourth-order valence-corrected chi connectivity index (χ4v) is 3.00. The summed E-state index contributed by atoms with van der Waals surface area (Å²) < 4.78 is 51.9. The minimum Gasteiger partial charge on any atom is -0.335 e. The Balaban J connectivity index is 1.86. The van der Waals surface area contributed by atoms with Gasteiger partial charge >= 0.3 is 0 Å². The molecule has 144 valence electrons. The van der Waals surface area contributed by atoms with Crippen LogP contribution in [0.15, 0.2) is 53.4 Å². The largest absolute Gasteiger partial charge is 0.335 e. The Morgan fingerprint density at radius 1 is 0.963 bits per heavy atom. The molecule has 2 aromatic rings. The molecule has 0 aromatic heterocycles. The van der Waals surface area contributed by atoms with Gasteiger partial charge in [-0.1, -0.05) is 0 Å². The number of rotatable bonds is 7. The molecule has 2 N–H and O–H groups in total. The number of hydrogen-bond acceptors (Lipinski definition) is 4. The van der Waals surface area contributed by atoms with Crippen molar-refractivity contribution in [2.45, 2.75) is 4.90 Å². The van der Waals surface area contributed by atoms with Crippen LogP contribution in [0.3, 0.4) is 0 Å². The van der Waals surface area contributed by atoms with Gasteiger partial charge in [0.15, 0.2) is 0 Å². The van der Waals surface area contributed by atoms with Crippen LogP contribution < -0.4 is 10.0 Å². The summed E-state index contributed by atoms with van der Waals surface area (Å²) in [6.45, 7) is -0.894. The molecule has 0 unspecified atom stereocenters. The first-order valence-electron chi connectivity index (χ1n) is 7.72. The monoisotopic (exact) mass is 397 g/mol. The highest BCUT2D eigenvalue weighted by Crippen LogP contribution is 2.10.